The van der Waals surface area contributed by atoms with E-state index in [2.05, 4.69) is 14.1 Å². The molecule has 2 rings (SSSR count). The lowest BCUT2D eigenvalue weighted by molar-refractivity contribution is -0.157. The molecule has 0 fully saturated rings. The van der Waals surface area contributed by atoms with Crippen LogP contribution in [0.5, 0.6) is 5.75 Å². The Morgan fingerprint density at radius 1 is 1.24 bits per heavy atom. The Labute approximate surface area is 117 Å². The van der Waals surface area contributed by atoms with E-state index in [-0.39, 0.29) is 17.0 Å². The summed E-state index contributed by atoms with van der Waals surface area (Å²) in [4.78, 5) is 14.9. The molecule has 0 saturated carbocycles. The first-order valence-corrected chi connectivity index (χ1v) is 5.68. The molecule has 0 aliphatic heterocycles. The van der Waals surface area contributed by atoms with Crippen molar-refractivity contribution in [3.8, 4) is 17.0 Å². The lowest BCUT2D eigenvalue weighted by atomic mass is 10.1. The van der Waals surface area contributed by atoms with Crippen LogP contribution in [0.25, 0.3) is 11.3 Å². The van der Waals surface area contributed by atoms with E-state index in [0.717, 1.165) is 7.11 Å². The molecule has 1 aromatic heterocycles. The van der Waals surface area contributed by atoms with Crippen LogP contribution in [0, 0.1) is 0 Å². The van der Waals surface area contributed by atoms with Crippen LogP contribution >= 0.6 is 0 Å². The maximum Gasteiger partial charge on any atom is 0.468 e. The highest BCUT2D eigenvalue weighted by molar-refractivity contribution is 5.94. The zero-order valence-electron chi connectivity index (χ0n) is 11.0. The quantitative estimate of drug-likeness (QED) is 0.815. The summed E-state index contributed by atoms with van der Waals surface area (Å²) < 4.78 is 52.1. The monoisotopic (exact) mass is 301 g/mol. The second-order valence-corrected chi connectivity index (χ2v) is 3.89. The van der Waals surface area contributed by atoms with Crippen LogP contribution in [-0.4, -0.2) is 25.2 Å². The number of methoxy groups -OCH3 is 2. The molecule has 0 aliphatic rings. The molecule has 1 heterocycles. The fourth-order valence-electron chi connectivity index (χ4n) is 1.70. The third kappa shape index (κ3) is 2.83. The van der Waals surface area contributed by atoms with Crippen molar-refractivity contribution in [3.63, 3.8) is 0 Å². The van der Waals surface area contributed by atoms with Crippen LogP contribution in [-0.2, 0) is 10.9 Å². The number of carbonyl (C=O) groups excluding carboxylic acids is 1. The minimum absolute atomic E-state index is 0.194. The average molecular weight is 301 g/mol. The van der Waals surface area contributed by atoms with Gasteiger partial charge in [0.1, 0.15) is 11.4 Å². The average Bonchev–Trinajstić information content (AvgIpc) is 2.91. The molecule has 0 spiro atoms. The highest BCUT2D eigenvalue weighted by Crippen LogP contribution is 2.37. The van der Waals surface area contributed by atoms with Gasteiger partial charge in [-0.1, -0.05) is 12.1 Å². The molecule has 0 aliphatic carbocycles. The third-order valence-corrected chi connectivity index (χ3v) is 2.60. The molecular formula is C13H10F3NO4. The Kier molecular flexibility index (Phi) is 3.88. The summed E-state index contributed by atoms with van der Waals surface area (Å²) in [5.74, 6) is -2.96. The Morgan fingerprint density at radius 3 is 2.48 bits per heavy atom. The fraction of sp³-hybridized carbons (Fsp3) is 0.231. The number of nitrogens with zero attached hydrogens (tertiary/aromatic N) is 1. The zero-order chi connectivity index (χ0) is 15.6. The Bertz CT molecular complexity index is 664. The maximum atomic E-state index is 12.7. The van der Waals surface area contributed by atoms with Gasteiger partial charge in [-0.15, -0.1) is 0 Å². The molecule has 8 heteroatoms. The molecule has 0 atom stereocenters. The van der Waals surface area contributed by atoms with Crippen molar-refractivity contribution in [2.75, 3.05) is 14.2 Å². The van der Waals surface area contributed by atoms with Crippen LogP contribution in [0.3, 0.4) is 0 Å². The number of para-hydroxylation sites is 1. The third-order valence-electron chi connectivity index (χ3n) is 2.60. The lowest BCUT2D eigenvalue weighted by Gasteiger charge is -2.06. The zero-order valence-corrected chi connectivity index (χ0v) is 11.0. The van der Waals surface area contributed by atoms with E-state index in [0.29, 0.717) is 0 Å². The molecule has 1 aromatic carbocycles. The summed E-state index contributed by atoms with van der Waals surface area (Å²) in [6.45, 7) is 0. The SMILES string of the molecule is COC(=O)c1oc(C(F)(F)F)nc1-c1ccccc1OC. The topological polar surface area (TPSA) is 61.6 Å². The van der Waals surface area contributed by atoms with Crippen molar-refractivity contribution < 1.29 is 31.9 Å². The predicted molar refractivity (Wildman–Crippen MR) is 64.8 cm³/mol. The van der Waals surface area contributed by atoms with Gasteiger partial charge >= 0.3 is 18.0 Å². The minimum atomic E-state index is -4.82. The van der Waals surface area contributed by atoms with Crippen molar-refractivity contribution in [1.29, 1.82) is 0 Å². The van der Waals surface area contributed by atoms with Gasteiger partial charge in [-0.3, -0.25) is 0 Å². The van der Waals surface area contributed by atoms with Crippen molar-refractivity contribution in [2.24, 2.45) is 0 Å². The molecule has 0 saturated heterocycles. The van der Waals surface area contributed by atoms with Gasteiger partial charge in [0, 0.05) is 5.56 Å². The van der Waals surface area contributed by atoms with E-state index in [4.69, 9.17) is 4.74 Å². The number of rotatable bonds is 3. The van der Waals surface area contributed by atoms with Crippen LogP contribution < -0.4 is 4.74 Å². The van der Waals surface area contributed by atoms with Gasteiger partial charge in [-0.25, -0.2) is 9.78 Å². The maximum absolute atomic E-state index is 12.7. The van der Waals surface area contributed by atoms with E-state index < -0.39 is 23.8 Å². The smallest absolute Gasteiger partial charge is 0.468 e. The number of esters is 1. The molecule has 0 N–H and O–H groups in total. The summed E-state index contributed by atoms with van der Waals surface area (Å²) in [7, 11) is 2.38. The summed E-state index contributed by atoms with van der Waals surface area (Å²) in [5.41, 5.74) is -0.0914. The summed E-state index contributed by atoms with van der Waals surface area (Å²) in [6.07, 6.45) is -4.82. The Hall–Kier alpha value is -2.51. The largest absolute Gasteiger partial charge is 0.496 e. The van der Waals surface area contributed by atoms with Gasteiger partial charge < -0.3 is 13.9 Å². The molecule has 0 unspecified atom stereocenters. The van der Waals surface area contributed by atoms with E-state index in [9.17, 15) is 18.0 Å². The second kappa shape index (κ2) is 5.47. The van der Waals surface area contributed by atoms with E-state index >= 15 is 0 Å². The van der Waals surface area contributed by atoms with Crippen LogP contribution in [0.1, 0.15) is 16.4 Å². The van der Waals surface area contributed by atoms with Crippen LogP contribution in [0.4, 0.5) is 13.2 Å². The van der Waals surface area contributed by atoms with Gasteiger partial charge in [-0.05, 0) is 12.1 Å². The standard InChI is InChI=1S/C13H10F3NO4/c1-19-8-6-4-3-5-7(8)9-10(11(18)20-2)21-12(17-9)13(14,15)16/h3-6H,1-2H3. The van der Waals surface area contributed by atoms with E-state index in [1.54, 1.807) is 12.1 Å². The summed E-state index contributed by atoms with van der Waals surface area (Å²) in [6, 6.07) is 6.19. The second-order valence-electron chi connectivity index (χ2n) is 3.89. The number of hydrogen-bond donors (Lipinski definition) is 0. The van der Waals surface area contributed by atoms with Crippen molar-refractivity contribution >= 4 is 5.97 Å². The fourth-order valence-corrected chi connectivity index (χ4v) is 1.70. The summed E-state index contributed by atoms with van der Waals surface area (Å²) in [5, 5.41) is 0. The van der Waals surface area contributed by atoms with E-state index in [1.165, 1.54) is 19.2 Å². The molecule has 21 heavy (non-hydrogen) atoms. The number of aromatic nitrogens is 1. The minimum Gasteiger partial charge on any atom is -0.496 e. The lowest BCUT2D eigenvalue weighted by Crippen LogP contribution is -2.05. The van der Waals surface area contributed by atoms with Gasteiger partial charge in [-0.2, -0.15) is 13.2 Å². The Morgan fingerprint density at radius 2 is 1.90 bits per heavy atom. The molecule has 0 radical (unpaired) electrons. The number of ether oxygens (including phenoxy) is 2. The van der Waals surface area contributed by atoms with E-state index in [1.807, 2.05) is 0 Å². The number of halogens is 3. The van der Waals surface area contributed by atoms with Crippen LogP contribution in [0.2, 0.25) is 0 Å². The normalized spacial score (nSPS) is 11.3. The number of carbonyl (C=O) groups is 1. The molecule has 2 aromatic rings. The highest BCUT2D eigenvalue weighted by atomic mass is 19.4. The van der Waals surface area contributed by atoms with Crippen molar-refractivity contribution in [3.05, 3.63) is 35.9 Å². The molecule has 0 amide bonds. The van der Waals surface area contributed by atoms with Crippen LogP contribution in [0.15, 0.2) is 28.7 Å². The molecule has 112 valence electrons. The first kappa shape index (κ1) is 14.9. The first-order valence-electron chi connectivity index (χ1n) is 5.68. The predicted octanol–water partition coefficient (Wildman–Crippen LogP) is 3.16. The summed E-state index contributed by atoms with van der Waals surface area (Å²) >= 11 is 0. The molecule has 5 nitrogen and oxygen atoms in total. The number of alkyl halides is 3. The highest BCUT2D eigenvalue weighted by Gasteiger charge is 2.40. The van der Waals surface area contributed by atoms with Crippen molar-refractivity contribution in [2.45, 2.75) is 6.18 Å². The number of hydrogen-bond acceptors (Lipinski definition) is 5. The molecular weight excluding hydrogens is 291 g/mol. The number of benzene rings is 1. The van der Waals surface area contributed by atoms with Crippen molar-refractivity contribution in [1.82, 2.24) is 4.98 Å². The van der Waals surface area contributed by atoms with Gasteiger partial charge in [0.05, 0.1) is 14.2 Å². The van der Waals surface area contributed by atoms with Gasteiger partial charge in [0.2, 0.25) is 5.76 Å². The van der Waals surface area contributed by atoms with Gasteiger partial charge in [0.25, 0.3) is 0 Å². The first-order chi connectivity index (χ1) is 9.88. The number of oxazole rings is 1. The Balaban J connectivity index is 2.66. The molecule has 0 bridgehead atoms. The van der Waals surface area contributed by atoms with Gasteiger partial charge in [0.15, 0.2) is 0 Å².